The largest absolute Gasteiger partial charge is 0.143 e. The molecule has 0 atom stereocenters. The summed E-state index contributed by atoms with van der Waals surface area (Å²) in [5.41, 5.74) is 0. The van der Waals surface area contributed by atoms with E-state index in [1.165, 1.54) is 14.6 Å². The molecule has 0 N–H and O–H groups in total. The minimum absolute atomic E-state index is 1.08. The third-order valence-corrected chi connectivity index (χ3v) is 5.24. The quantitative estimate of drug-likeness (QED) is 0.703. The van der Waals surface area contributed by atoms with Gasteiger partial charge in [-0.3, -0.25) is 0 Å². The van der Waals surface area contributed by atoms with Gasteiger partial charge in [-0.05, 0) is 30.5 Å². The van der Waals surface area contributed by atoms with Crippen LogP contribution in [0.4, 0.5) is 0 Å². The number of rotatable bonds is 4. The van der Waals surface area contributed by atoms with Gasteiger partial charge < -0.3 is 0 Å². The number of thiophene rings is 2. The second kappa shape index (κ2) is 5.04. The van der Waals surface area contributed by atoms with E-state index in [-0.39, 0.29) is 0 Å². The lowest BCUT2D eigenvalue weighted by Gasteiger charge is -2.04. The van der Waals surface area contributed by atoms with Crippen molar-refractivity contribution in [1.82, 2.24) is 0 Å². The standard InChI is InChI=1S/C13H12S3/c1-9-6-7-13(15-9)11(3)16-10(2)12-5-4-8-14-12/h4-8H,2-3H2,1H3. The molecule has 0 aliphatic rings. The molecule has 2 rings (SSSR count). The Morgan fingerprint density at radius 2 is 1.88 bits per heavy atom. The average molecular weight is 264 g/mol. The van der Waals surface area contributed by atoms with E-state index in [1.54, 1.807) is 34.4 Å². The maximum atomic E-state index is 4.11. The van der Waals surface area contributed by atoms with E-state index in [2.05, 4.69) is 43.7 Å². The molecule has 0 spiro atoms. The van der Waals surface area contributed by atoms with Gasteiger partial charge >= 0.3 is 0 Å². The summed E-state index contributed by atoms with van der Waals surface area (Å²) in [7, 11) is 0. The summed E-state index contributed by atoms with van der Waals surface area (Å²) in [5, 5.41) is 2.07. The van der Waals surface area contributed by atoms with Crippen LogP contribution in [0.25, 0.3) is 9.81 Å². The predicted octanol–water partition coefficient (Wildman–Crippen LogP) is 5.49. The van der Waals surface area contributed by atoms with Crippen molar-refractivity contribution in [2.75, 3.05) is 0 Å². The number of thioether (sulfide) groups is 1. The summed E-state index contributed by atoms with van der Waals surface area (Å²) in [4.78, 5) is 5.93. The fraction of sp³-hybridized carbons (Fsp3) is 0.0769. The zero-order valence-corrected chi connectivity index (χ0v) is 11.5. The van der Waals surface area contributed by atoms with Gasteiger partial charge in [0.25, 0.3) is 0 Å². The molecule has 2 aromatic rings. The van der Waals surface area contributed by atoms with Crippen LogP contribution in [0.2, 0.25) is 0 Å². The molecule has 0 bridgehead atoms. The molecule has 2 heterocycles. The Kier molecular flexibility index (Phi) is 3.69. The fourth-order valence-electron chi connectivity index (χ4n) is 1.27. The molecule has 0 aliphatic heterocycles. The van der Waals surface area contributed by atoms with E-state index in [1.807, 2.05) is 6.07 Å². The molecule has 0 amide bonds. The molecule has 82 valence electrons. The number of aryl methyl sites for hydroxylation is 1. The highest BCUT2D eigenvalue weighted by molar-refractivity contribution is 8.16. The van der Waals surface area contributed by atoms with E-state index in [4.69, 9.17) is 0 Å². The van der Waals surface area contributed by atoms with Gasteiger partial charge in [0.15, 0.2) is 0 Å². The highest BCUT2D eigenvalue weighted by atomic mass is 32.2. The van der Waals surface area contributed by atoms with Crippen molar-refractivity contribution in [2.24, 2.45) is 0 Å². The van der Waals surface area contributed by atoms with Crippen molar-refractivity contribution in [3.8, 4) is 0 Å². The normalized spacial score (nSPS) is 10.3. The lowest BCUT2D eigenvalue weighted by Crippen LogP contribution is -1.73. The molecule has 0 saturated heterocycles. The lowest BCUT2D eigenvalue weighted by atomic mass is 10.4. The van der Waals surface area contributed by atoms with Crippen LogP contribution in [0.3, 0.4) is 0 Å². The third kappa shape index (κ3) is 2.67. The van der Waals surface area contributed by atoms with E-state index in [0.717, 1.165) is 9.81 Å². The smallest absolute Gasteiger partial charge is 0.0406 e. The summed E-state index contributed by atoms with van der Waals surface area (Å²) < 4.78 is 0. The lowest BCUT2D eigenvalue weighted by molar-refractivity contribution is 1.64. The van der Waals surface area contributed by atoms with Crippen LogP contribution >= 0.6 is 34.4 Å². The van der Waals surface area contributed by atoms with Crippen molar-refractivity contribution in [3.05, 3.63) is 57.4 Å². The first kappa shape index (κ1) is 11.7. The Balaban J connectivity index is 2.06. The van der Waals surface area contributed by atoms with Gasteiger partial charge in [0, 0.05) is 24.4 Å². The Morgan fingerprint density at radius 3 is 2.44 bits per heavy atom. The molecule has 3 heteroatoms. The van der Waals surface area contributed by atoms with Crippen LogP contribution in [-0.2, 0) is 0 Å². The van der Waals surface area contributed by atoms with Crippen molar-refractivity contribution in [3.63, 3.8) is 0 Å². The number of hydrogen-bond donors (Lipinski definition) is 0. The van der Waals surface area contributed by atoms with E-state index in [9.17, 15) is 0 Å². The minimum Gasteiger partial charge on any atom is -0.143 e. The minimum atomic E-state index is 1.08. The maximum Gasteiger partial charge on any atom is 0.0406 e. The monoisotopic (exact) mass is 264 g/mol. The predicted molar refractivity (Wildman–Crippen MR) is 79.0 cm³/mol. The first-order valence-corrected chi connectivity index (χ1v) is 7.34. The molecular formula is C13H12S3. The summed E-state index contributed by atoms with van der Waals surface area (Å²) in [6.07, 6.45) is 0. The summed E-state index contributed by atoms with van der Waals surface area (Å²) in [5.74, 6) is 0. The summed E-state index contributed by atoms with van der Waals surface area (Å²) >= 11 is 5.15. The molecule has 0 aliphatic carbocycles. The zero-order chi connectivity index (χ0) is 11.5. The fourth-order valence-corrected chi connectivity index (χ4v) is 3.75. The topological polar surface area (TPSA) is 0 Å². The van der Waals surface area contributed by atoms with Gasteiger partial charge in [-0.2, -0.15) is 0 Å². The van der Waals surface area contributed by atoms with Crippen LogP contribution in [0.5, 0.6) is 0 Å². The van der Waals surface area contributed by atoms with Gasteiger partial charge in [-0.25, -0.2) is 0 Å². The van der Waals surface area contributed by atoms with E-state index in [0.29, 0.717) is 0 Å². The zero-order valence-electron chi connectivity index (χ0n) is 9.03. The van der Waals surface area contributed by atoms with Crippen molar-refractivity contribution in [1.29, 1.82) is 0 Å². The van der Waals surface area contributed by atoms with Crippen molar-refractivity contribution in [2.45, 2.75) is 6.92 Å². The molecule has 0 nitrogen and oxygen atoms in total. The van der Waals surface area contributed by atoms with Crippen molar-refractivity contribution < 1.29 is 0 Å². The van der Waals surface area contributed by atoms with Gasteiger partial charge in [-0.1, -0.05) is 31.0 Å². The maximum absolute atomic E-state index is 4.11. The molecule has 16 heavy (non-hydrogen) atoms. The first-order valence-electron chi connectivity index (χ1n) is 4.83. The Hall–Kier alpha value is -0.770. The highest BCUT2D eigenvalue weighted by Crippen LogP contribution is 2.40. The molecule has 0 radical (unpaired) electrons. The highest BCUT2D eigenvalue weighted by Gasteiger charge is 2.07. The molecule has 0 unspecified atom stereocenters. The summed E-state index contributed by atoms with van der Waals surface area (Å²) in [6, 6.07) is 8.38. The molecule has 0 saturated carbocycles. The van der Waals surface area contributed by atoms with Gasteiger partial charge in [-0.15, -0.1) is 22.7 Å². The SMILES string of the molecule is C=C(SC(=C)c1ccc(C)s1)c1cccs1. The molecule has 0 aromatic carbocycles. The van der Waals surface area contributed by atoms with Crippen LogP contribution in [0.15, 0.2) is 42.8 Å². The van der Waals surface area contributed by atoms with Crippen LogP contribution < -0.4 is 0 Å². The molecule has 2 aromatic heterocycles. The van der Waals surface area contributed by atoms with Crippen molar-refractivity contribution >= 4 is 44.2 Å². The van der Waals surface area contributed by atoms with Crippen LogP contribution in [0, 0.1) is 6.92 Å². The van der Waals surface area contributed by atoms with E-state index >= 15 is 0 Å². The third-order valence-electron chi connectivity index (χ3n) is 2.06. The Labute approximate surface area is 108 Å². The van der Waals surface area contributed by atoms with Gasteiger partial charge in [0.2, 0.25) is 0 Å². The van der Waals surface area contributed by atoms with Crippen LogP contribution in [-0.4, -0.2) is 0 Å². The molecule has 0 fully saturated rings. The summed E-state index contributed by atoms with van der Waals surface area (Å²) in [6.45, 7) is 10.3. The average Bonchev–Trinajstić information content (AvgIpc) is 2.87. The van der Waals surface area contributed by atoms with Gasteiger partial charge in [0.1, 0.15) is 0 Å². The second-order valence-corrected chi connectivity index (χ2v) is 6.76. The van der Waals surface area contributed by atoms with E-state index < -0.39 is 0 Å². The molecular weight excluding hydrogens is 252 g/mol. The van der Waals surface area contributed by atoms with Crippen LogP contribution in [0.1, 0.15) is 14.6 Å². The number of hydrogen-bond acceptors (Lipinski definition) is 3. The Morgan fingerprint density at radius 1 is 1.12 bits per heavy atom. The van der Waals surface area contributed by atoms with Gasteiger partial charge in [0.05, 0.1) is 0 Å². The first-order chi connectivity index (χ1) is 7.66. The second-order valence-electron chi connectivity index (χ2n) is 3.34. The Bertz CT molecular complexity index is 503.